The summed E-state index contributed by atoms with van der Waals surface area (Å²) in [6.07, 6.45) is 16.1. The van der Waals surface area contributed by atoms with Gasteiger partial charge in [-0.25, -0.2) is 4.79 Å². The first kappa shape index (κ1) is 24.8. The maximum absolute atomic E-state index is 11.2. The van der Waals surface area contributed by atoms with Crippen molar-refractivity contribution in [1.29, 1.82) is 5.26 Å². The lowest BCUT2D eigenvalue weighted by molar-refractivity contribution is 0.0136. The molecular weight excluding hydrogens is 326 g/mol. The zero-order valence-corrected chi connectivity index (χ0v) is 17.2. The van der Waals surface area contributed by atoms with E-state index in [1.807, 2.05) is 0 Å². The van der Waals surface area contributed by atoms with Crippen molar-refractivity contribution in [2.24, 2.45) is 5.92 Å². The van der Waals surface area contributed by atoms with Crippen LogP contribution in [0, 0.1) is 17.2 Å². The van der Waals surface area contributed by atoms with E-state index in [4.69, 9.17) is 15.1 Å². The Morgan fingerprint density at radius 3 is 1.85 bits per heavy atom. The number of hydrogen-bond acceptors (Lipinski definition) is 3. The van der Waals surface area contributed by atoms with Gasteiger partial charge in [0.05, 0.1) is 6.07 Å². The number of carbonyl (C=O) groups is 1. The van der Waals surface area contributed by atoms with Crippen molar-refractivity contribution < 1.29 is 14.6 Å². The van der Waals surface area contributed by atoms with Crippen molar-refractivity contribution in [3.8, 4) is 6.07 Å². The van der Waals surface area contributed by atoms with Crippen molar-refractivity contribution in [3.05, 3.63) is 0 Å². The summed E-state index contributed by atoms with van der Waals surface area (Å²) in [4.78, 5) is 11.2. The predicted octanol–water partition coefficient (Wildman–Crippen LogP) is 7.47. The minimum atomic E-state index is -1.14. The molecule has 0 aromatic heterocycles. The molecule has 0 rings (SSSR count). The zero-order valence-electron chi connectivity index (χ0n) is 17.2. The zero-order chi connectivity index (χ0) is 19.5. The predicted molar refractivity (Wildman–Crippen MR) is 107 cm³/mol. The van der Waals surface area contributed by atoms with Crippen molar-refractivity contribution in [2.45, 2.75) is 123 Å². The van der Waals surface area contributed by atoms with Crippen LogP contribution in [0.2, 0.25) is 0 Å². The summed E-state index contributed by atoms with van der Waals surface area (Å²) in [5.74, 6) is 0.303. The molecule has 0 aliphatic rings. The van der Waals surface area contributed by atoms with Gasteiger partial charge in [0.15, 0.2) is 0 Å². The van der Waals surface area contributed by atoms with Crippen LogP contribution in [0.15, 0.2) is 0 Å². The van der Waals surface area contributed by atoms with Gasteiger partial charge in [-0.1, -0.05) is 78.1 Å². The third kappa shape index (κ3) is 15.0. The summed E-state index contributed by atoms with van der Waals surface area (Å²) in [6, 6.07) is 2.20. The first-order valence-corrected chi connectivity index (χ1v) is 10.9. The van der Waals surface area contributed by atoms with E-state index in [1.165, 1.54) is 44.9 Å². The molecular formula is C22H41NO3. The van der Waals surface area contributed by atoms with Crippen LogP contribution in [0.4, 0.5) is 4.79 Å². The SMILES string of the molecule is CCCCCCCC(CCCCC#N)C(CCCCCCC)OC(=O)O. The number of carboxylic acid groups (broad SMARTS) is 1. The van der Waals surface area contributed by atoms with Gasteiger partial charge in [-0.05, 0) is 38.0 Å². The first-order valence-electron chi connectivity index (χ1n) is 10.9. The largest absolute Gasteiger partial charge is 0.506 e. The van der Waals surface area contributed by atoms with E-state index in [1.54, 1.807) is 0 Å². The Kier molecular flexibility index (Phi) is 17.7. The fraction of sp³-hybridized carbons (Fsp3) is 0.909. The highest BCUT2D eigenvalue weighted by molar-refractivity contribution is 5.57. The van der Waals surface area contributed by atoms with E-state index >= 15 is 0 Å². The van der Waals surface area contributed by atoms with Crippen LogP contribution in [0.5, 0.6) is 0 Å². The van der Waals surface area contributed by atoms with Gasteiger partial charge in [0, 0.05) is 6.42 Å². The number of ether oxygens (including phenoxy) is 1. The number of unbranched alkanes of at least 4 members (excludes halogenated alkanes) is 10. The van der Waals surface area contributed by atoms with Crippen LogP contribution in [-0.4, -0.2) is 17.4 Å². The van der Waals surface area contributed by atoms with Gasteiger partial charge in [0.2, 0.25) is 0 Å². The molecule has 0 radical (unpaired) electrons. The third-order valence-electron chi connectivity index (χ3n) is 5.16. The molecule has 2 atom stereocenters. The highest BCUT2D eigenvalue weighted by atomic mass is 16.7. The smallest absolute Gasteiger partial charge is 0.450 e. The molecule has 0 aliphatic carbocycles. The molecule has 0 aromatic rings. The van der Waals surface area contributed by atoms with Gasteiger partial charge in [0.1, 0.15) is 6.10 Å². The number of nitriles is 1. The second-order valence-electron chi connectivity index (χ2n) is 7.49. The van der Waals surface area contributed by atoms with Gasteiger partial charge in [-0.3, -0.25) is 0 Å². The first-order chi connectivity index (χ1) is 12.7. The van der Waals surface area contributed by atoms with E-state index in [0.717, 1.165) is 51.4 Å². The van der Waals surface area contributed by atoms with Crippen molar-refractivity contribution in [1.82, 2.24) is 0 Å². The molecule has 1 N–H and O–H groups in total. The summed E-state index contributed by atoms with van der Waals surface area (Å²) in [5.41, 5.74) is 0. The Balaban J connectivity index is 4.53. The van der Waals surface area contributed by atoms with Gasteiger partial charge in [0.25, 0.3) is 0 Å². The number of nitrogens with zero attached hydrogens (tertiary/aromatic N) is 1. The number of rotatable bonds is 18. The van der Waals surface area contributed by atoms with Crippen LogP contribution >= 0.6 is 0 Å². The summed E-state index contributed by atoms with van der Waals surface area (Å²) < 4.78 is 5.31. The molecule has 4 heteroatoms. The average Bonchev–Trinajstić information content (AvgIpc) is 2.62. The maximum atomic E-state index is 11.2. The lowest BCUT2D eigenvalue weighted by atomic mass is 9.87. The molecule has 0 aromatic carbocycles. The molecule has 0 amide bonds. The maximum Gasteiger partial charge on any atom is 0.506 e. The standard InChI is InChI=1S/C22H41NO3/c1-3-5-7-9-12-16-20(17-13-11-15-19-23)21(26-22(24)25)18-14-10-8-6-4-2/h20-21H,3-18H2,1-2H3,(H,24,25). The van der Waals surface area contributed by atoms with Crippen molar-refractivity contribution >= 4 is 6.16 Å². The monoisotopic (exact) mass is 367 g/mol. The van der Waals surface area contributed by atoms with E-state index in [-0.39, 0.29) is 6.10 Å². The minimum Gasteiger partial charge on any atom is -0.450 e. The third-order valence-corrected chi connectivity index (χ3v) is 5.16. The average molecular weight is 368 g/mol. The van der Waals surface area contributed by atoms with E-state index in [0.29, 0.717) is 12.3 Å². The highest BCUT2D eigenvalue weighted by Gasteiger charge is 2.24. The Morgan fingerprint density at radius 2 is 1.35 bits per heavy atom. The molecule has 0 spiro atoms. The molecule has 26 heavy (non-hydrogen) atoms. The summed E-state index contributed by atoms with van der Waals surface area (Å²) in [7, 11) is 0. The quantitative estimate of drug-likeness (QED) is 0.201. The summed E-state index contributed by atoms with van der Waals surface area (Å²) in [6.45, 7) is 4.42. The van der Waals surface area contributed by atoms with Crippen LogP contribution < -0.4 is 0 Å². The fourth-order valence-corrected chi connectivity index (χ4v) is 3.61. The minimum absolute atomic E-state index is 0.178. The fourth-order valence-electron chi connectivity index (χ4n) is 3.61. The molecule has 0 heterocycles. The van der Waals surface area contributed by atoms with Crippen LogP contribution in [-0.2, 0) is 4.74 Å². The normalized spacial score (nSPS) is 13.1. The summed E-state index contributed by atoms with van der Waals surface area (Å²) in [5, 5.41) is 17.9. The summed E-state index contributed by atoms with van der Waals surface area (Å²) >= 11 is 0. The van der Waals surface area contributed by atoms with Gasteiger partial charge in [-0.15, -0.1) is 0 Å². The second-order valence-corrected chi connectivity index (χ2v) is 7.49. The Hall–Kier alpha value is -1.24. The van der Waals surface area contributed by atoms with E-state index in [2.05, 4.69) is 19.9 Å². The van der Waals surface area contributed by atoms with Gasteiger partial charge >= 0.3 is 6.16 Å². The molecule has 0 aliphatic heterocycles. The van der Waals surface area contributed by atoms with Gasteiger partial charge < -0.3 is 9.84 Å². The van der Waals surface area contributed by atoms with E-state index < -0.39 is 6.16 Å². The molecule has 0 fully saturated rings. The molecule has 0 saturated heterocycles. The Labute approximate surface area is 161 Å². The van der Waals surface area contributed by atoms with Gasteiger partial charge in [-0.2, -0.15) is 5.26 Å². The van der Waals surface area contributed by atoms with Crippen molar-refractivity contribution in [3.63, 3.8) is 0 Å². The molecule has 152 valence electrons. The number of hydrogen-bond donors (Lipinski definition) is 1. The van der Waals surface area contributed by atoms with Crippen LogP contribution in [0.25, 0.3) is 0 Å². The lowest BCUT2D eigenvalue weighted by Gasteiger charge is -2.26. The van der Waals surface area contributed by atoms with Crippen LogP contribution in [0.3, 0.4) is 0 Å². The van der Waals surface area contributed by atoms with Crippen molar-refractivity contribution in [2.75, 3.05) is 0 Å². The Morgan fingerprint density at radius 1 is 0.846 bits per heavy atom. The Bertz CT molecular complexity index is 365. The molecule has 4 nitrogen and oxygen atoms in total. The molecule has 0 saturated carbocycles. The lowest BCUT2D eigenvalue weighted by Crippen LogP contribution is -2.27. The second kappa shape index (κ2) is 18.5. The molecule has 2 unspecified atom stereocenters. The highest BCUT2D eigenvalue weighted by Crippen LogP contribution is 2.27. The molecule has 0 bridgehead atoms. The topological polar surface area (TPSA) is 70.3 Å². The van der Waals surface area contributed by atoms with E-state index in [9.17, 15) is 4.79 Å². The van der Waals surface area contributed by atoms with Crippen LogP contribution in [0.1, 0.15) is 117 Å².